The summed E-state index contributed by atoms with van der Waals surface area (Å²) < 4.78 is 0. The zero-order valence-electron chi connectivity index (χ0n) is 10.7. The number of benzene rings is 1. The molecular weight excluding hydrogens is 214 g/mol. The van der Waals surface area contributed by atoms with Crippen LogP contribution in [-0.2, 0) is 4.79 Å². The predicted molar refractivity (Wildman–Crippen MR) is 70.5 cm³/mol. The van der Waals surface area contributed by atoms with Crippen LogP contribution in [0, 0.1) is 0 Å². The van der Waals surface area contributed by atoms with Gasteiger partial charge in [-0.3, -0.25) is 0 Å². The number of hydrogen-bond donors (Lipinski definition) is 2. The second kappa shape index (κ2) is 6.28. The molecule has 94 valence electrons. The number of carbonyl (C=O) groups is 1. The summed E-state index contributed by atoms with van der Waals surface area (Å²) in [5, 5.41) is 12.1. The van der Waals surface area contributed by atoms with E-state index in [9.17, 15) is 4.79 Å². The number of hydrogen-bond acceptors (Lipinski definition) is 2. The highest BCUT2D eigenvalue weighted by atomic mass is 16.4. The van der Waals surface area contributed by atoms with Crippen LogP contribution in [-0.4, -0.2) is 17.1 Å². The van der Waals surface area contributed by atoms with Gasteiger partial charge in [0.25, 0.3) is 0 Å². The van der Waals surface area contributed by atoms with Crippen molar-refractivity contribution in [1.82, 2.24) is 0 Å². The Kier molecular flexibility index (Phi) is 5.01. The van der Waals surface area contributed by atoms with Crippen molar-refractivity contribution in [2.75, 3.05) is 5.32 Å². The summed E-state index contributed by atoms with van der Waals surface area (Å²) in [5.41, 5.74) is 2.13. The van der Waals surface area contributed by atoms with Gasteiger partial charge in [-0.1, -0.05) is 39.3 Å². The van der Waals surface area contributed by atoms with Crippen LogP contribution >= 0.6 is 0 Å². The van der Waals surface area contributed by atoms with E-state index in [2.05, 4.69) is 19.2 Å². The van der Waals surface area contributed by atoms with Gasteiger partial charge in [-0.25, -0.2) is 4.79 Å². The average Bonchev–Trinajstić information content (AvgIpc) is 2.29. The Bertz CT molecular complexity index is 357. The molecule has 0 heterocycles. The van der Waals surface area contributed by atoms with Crippen LogP contribution in [0.25, 0.3) is 0 Å². The van der Waals surface area contributed by atoms with E-state index in [1.165, 1.54) is 5.56 Å². The van der Waals surface area contributed by atoms with E-state index in [0.717, 1.165) is 12.1 Å². The maximum Gasteiger partial charge on any atom is 0.326 e. The van der Waals surface area contributed by atoms with Gasteiger partial charge >= 0.3 is 5.97 Å². The number of aliphatic carboxylic acids is 1. The van der Waals surface area contributed by atoms with E-state index in [0.29, 0.717) is 12.3 Å². The molecule has 0 bridgehead atoms. The molecule has 0 unspecified atom stereocenters. The van der Waals surface area contributed by atoms with Crippen molar-refractivity contribution in [3.8, 4) is 0 Å². The van der Waals surface area contributed by atoms with Gasteiger partial charge in [0.05, 0.1) is 0 Å². The molecule has 17 heavy (non-hydrogen) atoms. The minimum absolute atomic E-state index is 0.495. The molecule has 0 aliphatic carbocycles. The lowest BCUT2D eigenvalue weighted by molar-refractivity contribution is -0.138. The zero-order chi connectivity index (χ0) is 12.8. The quantitative estimate of drug-likeness (QED) is 0.793. The van der Waals surface area contributed by atoms with Crippen molar-refractivity contribution in [2.45, 2.75) is 45.6 Å². The van der Waals surface area contributed by atoms with Crippen molar-refractivity contribution < 1.29 is 9.90 Å². The van der Waals surface area contributed by atoms with E-state index in [1.807, 2.05) is 31.2 Å². The fraction of sp³-hybridized carbons (Fsp3) is 0.500. The Morgan fingerprint density at radius 3 is 2.29 bits per heavy atom. The molecule has 1 aromatic carbocycles. The molecular formula is C14H21NO2. The summed E-state index contributed by atoms with van der Waals surface area (Å²) in [7, 11) is 0. The normalized spacial score (nSPS) is 12.5. The van der Waals surface area contributed by atoms with Crippen molar-refractivity contribution in [3.05, 3.63) is 29.8 Å². The maximum absolute atomic E-state index is 11.0. The average molecular weight is 235 g/mol. The van der Waals surface area contributed by atoms with E-state index >= 15 is 0 Å². The number of anilines is 1. The second-order valence-corrected chi connectivity index (χ2v) is 4.60. The first-order valence-corrected chi connectivity index (χ1v) is 6.14. The first kappa shape index (κ1) is 13.6. The zero-order valence-corrected chi connectivity index (χ0v) is 10.7. The van der Waals surface area contributed by atoms with E-state index in [4.69, 9.17) is 5.11 Å². The van der Waals surface area contributed by atoms with Crippen molar-refractivity contribution in [3.63, 3.8) is 0 Å². The molecule has 0 aliphatic rings. The number of rotatable bonds is 6. The summed E-state index contributed by atoms with van der Waals surface area (Å²) in [4.78, 5) is 11.0. The minimum Gasteiger partial charge on any atom is -0.480 e. The third kappa shape index (κ3) is 4.10. The second-order valence-electron chi connectivity index (χ2n) is 4.60. The summed E-state index contributed by atoms with van der Waals surface area (Å²) >= 11 is 0. The van der Waals surface area contributed by atoms with E-state index in [-0.39, 0.29) is 0 Å². The van der Waals surface area contributed by atoms with Crippen molar-refractivity contribution in [1.29, 1.82) is 0 Å². The van der Waals surface area contributed by atoms with E-state index < -0.39 is 12.0 Å². The summed E-state index contributed by atoms with van der Waals surface area (Å²) in [5.74, 6) is -0.297. The third-order valence-electron chi connectivity index (χ3n) is 2.79. The minimum atomic E-state index is -0.792. The highest BCUT2D eigenvalue weighted by Crippen LogP contribution is 2.18. The third-order valence-corrected chi connectivity index (χ3v) is 2.79. The summed E-state index contributed by atoms with van der Waals surface area (Å²) in [6, 6.07) is 7.47. The lowest BCUT2D eigenvalue weighted by atomic mass is 10.0. The first-order valence-electron chi connectivity index (χ1n) is 6.14. The molecule has 0 saturated carbocycles. The van der Waals surface area contributed by atoms with E-state index in [1.54, 1.807) is 0 Å². The van der Waals surface area contributed by atoms with Crippen LogP contribution in [0.3, 0.4) is 0 Å². The lowest BCUT2D eigenvalue weighted by Gasteiger charge is -2.15. The largest absolute Gasteiger partial charge is 0.480 e. The fourth-order valence-electron chi connectivity index (χ4n) is 1.71. The molecule has 1 aromatic rings. The predicted octanol–water partition coefficient (Wildman–Crippen LogP) is 3.48. The molecule has 0 amide bonds. The summed E-state index contributed by atoms with van der Waals surface area (Å²) in [6.07, 6.45) is 1.50. The van der Waals surface area contributed by atoms with Crippen LogP contribution in [0.2, 0.25) is 0 Å². The van der Waals surface area contributed by atoms with Gasteiger partial charge in [0, 0.05) is 5.69 Å². The van der Waals surface area contributed by atoms with Crippen LogP contribution in [0.1, 0.15) is 45.1 Å². The molecule has 2 N–H and O–H groups in total. The maximum atomic E-state index is 11.0. The molecule has 0 radical (unpaired) electrons. The highest BCUT2D eigenvalue weighted by molar-refractivity contribution is 5.77. The highest BCUT2D eigenvalue weighted by Gasteiger charge is 2.15. The number of carboxylic acid groups (broad SMARTS) is 1. The number of nitrogens with one attached hydrogen (secondary N) is 1. The SMILES string of the molecule is CCC[C@H](Nc1ccc(C(C)C)cc1)C(=O)O. The standard InChI is InChI=1S/C14H21NO2/c1-4-5-13(14(16)17)15-12-8-6-11(7-9-12)10(2)3/h6-10,13,15H,4-5H2,1-3H3,(H,16,17)/t13-/m0/s1. The Balaban J connectivity index is 2.70. The molecule has 1 rings (SSSR count). The van der Waals surface area contributed by atoms with Gasteiger partial charge in [-0.05, 0) is 30.0 Å². The molecule has 0 fully saturated rings. The Hall–Kier alpha value is -1.51. The molecule has 3 nitrogen and oxygen atoms in total. The van der Waals surface area contributed by atoms with Crippen LogP contribution in [0.15, 0.2) is 24.3 Å². The van der Waals surface area contributed by atoms with Gasteiger partial charge in [-0.15, -0.1) is 0 Å². The molecule has 3 heteroatoms. The molecule has 0 aliphatic heterocycles. The smallest absolute Gasteiger partial charge is 0.326 e. The molecule has 0 spiro atoms. The van der Waals surface area contributed by atoms with Gasteiger partial charge in [0.1, 0.15) is 6.04 Å². The Morgan fingerprint density at radius 1 is 1.29 bits per heavy atom. The van der Waals surface area contributed by atoms with Gasteiger partial charge in [-0.2, -0.15) is 0 Å². The Labute approximate surface area is 103 Å². The van der Waals surface area contributed by atoms with Crippen LogP contribution in [0.5, 0.6) is 0 Å². The molecule has 1 atom stereocenters. The van der Waals surface area contributed by atoms with Crippen molar-refractivity contribution in [2.24, 2.45) is 0 Å². The van der Waals surface area contributed by atoms with Gasteiger partial charge in [0.15, 0.2) is 0 Å². The van der Waals surface area contributed by atoms with Crippen molar-refractivity contribution >= 4 is 11.7 Å². The fourth-order valence-corrected chi connectivity index (χ4v) is 1.71. The van der Waals surface area contributed by atoms with Gasteiger partial charge in [0.2, 0.25) is 0 Å². The van der Waals surface area contributed by atoms with Gasteiger partial charge < -0.3 is 10.4 Å². The van der Waals surface area contributed by atoms with Crippen LogP contribution in [0.4, 0.5) is 5.69 Å². The lowest BCUT2D eigenvalue weighted by Crippen LogP contribution is -2.28. The Morgan fingerprint density at radius 2 is 1.88 bits per heavy atom. The molecule has 0 aromatic heterocycles. The molecule has 0 saturated heterocycles. The summed E-state index contributed by atoms with van der Waals surface area (Å²) in [6.45, 7) is 6.26. The first-order chi connectivity index (χ1) is 8.04. The number of carboxylic acids is 1. The monoisotopic (exact) mass is 235 g/mol. The topological polar surface area (TPSA) is 49.3 Å². The van der Waals surface area contributed by atoms with Crippen LogP contribution < -0.4 is 5.32 Å².